The fourth-order valence-corrected chi connectivity index (χ4v) is 0.498. The molecule has 0 aliphatic rings. The monoisotopic (exact) mass is 156 g/mol. The summed E-state index contributed by atoms with van der Waals surface area (Å²) in [6.45, 7) is 5.30. The predicted octanol–water partition coefficient (Wildman–Crippen LogP) is -0.577. The third-order valence-electron chi connectivity index (χ3n) is 1.09. The van der Waals surface area contributed by atoms with Crippen LogP contribution >= 0.6 is 0 Å². The van der Waals surface area contributed by atoms with Gasteiger partial charge in [-0.2, -0.15) is 0 Å². The highest BCUT2D eigenvalue weighted by Crippen LogP contribution is 1.79. The van der Waals surface area contributed by atoms with E-state index in [1.54, 1.807) is 13.0 Å². The zero-order valence-electron chi connectivity index (χ0n) is 6.46. The standard InChI is InChI=1S/C7H12N2O2/c1-3-6(2)9-7(11)4-8-5-10/h3,5-6H,1,4H2,2H3,(H,8,10)(H,9,11)/t6-/m1/s1. The summed E-state index contributed by atoms with van der Waals surface area (Å²) >= 11 is 0. The molecule has 4 nitrogen and oxygen atoms in total. The number of hydrogen-bond donors (Lipinski definition) is 2. The van der Waals surface area contributed by atoms with Crippen molar-refractivity contribution in [3.8, 4) is 0 Å². The summed E-state index contributed by atoms with van der Waals surface area (Å²) in [7, 11) is 0. The van der Waals surface area contributed by atoms with Crippen molar-refractivity contribution in [2.24, 2.45) is 0 Å². The molecule has 0 radical (unpaired) electrons. The van der Waals surface area contributed by atoms with Crippen LogP contribution in [0.1, 0.15) is 6.92 Å². The first-order chi connectivity index (χ1) is 5.20. The first-order valence-corrected chi connectivity index (χ1v) is 3.29. The van der Waals surface area contributed by atoms with E-state index in [1.807, 2.05) is 0 Å². The van der Waals surface area contributed by atoms with Gasteiger partial charge in [-0.25, -0.2) is 0 Å². The SMILES string of the molecule is C=C[C@@H](C)NC(=O)CNC=O. The molecule has 0 rings (SSSR count). The second-order valence-electron chi connectivity index (χ2n) is 2.09. The van der Waals surface area contributed by atoms with E-state index in [0.717, 1.165) is 0 Å². The number of carbonyl (C=O) groups is 2. The minimum absolute atomic E-state index is 0.0156. The van der Waals surface area contributed by atoms with Crippen LogP contribution in [0, 0.1) is 0 Å². The number of nitrogens with one attached hydrogen (secondary N) is 2. The van der Waals surface area contributed by atoms with Crippen LogP contribution < -0.4 is 10.6 Å². The second-order valence-corrected chi connectivity index (χ2v) is 2.09. The van der Waals surface area contributed by atoms with Crippen LogP contribution in [0.3, 0.4) is 0 Å². The van der Waals surface area contributed by atoms with Gasteiger partial charge in [0.1, 0.15) is 0 Å². The second kappa shape index (κ2) is 5.46. The first kappa shape index (κ1) is 9.68. The van der Waals surface area contributed by atoms with Crippen molar-refractivity contribution in [3.63, 3.8) is 0 Å². The molecule has 1 atom stereocenters. The van der Waals surface area contributed by atoms with Gasteiger partial charge in [0, 0.05) is 6.04 Å². The average Bonchev–Trinajstić information content (AvgIpc) is 2.00. The predicted molar refractivity (Wildman–Crippen MR) is 41.9 cm³/mol. The largest absolute Gasteiger partial charge is 0.350 e. The number of carbonyl (C=O) groups excluding carboxylic acids is 2. The van der Waals surface area contributed by atoms with E-state index in [0.29, 0.717) is 6.41 Å². The molecule has 0 saturated heterocycles. The van der Waals surface area contributed by atoms with Crippen molar-refractivity contribution in [2.45, 2.75) is 13.0 Å². The van der Waals surface area contributed by atoms with Crippen LogP contribution in [0.15, 0.2) is 12.7 Å². The molecule has 0 aromatic carbocycles. The Balaban J connectivity index is 3.51. The zero-order chi connectivity index (χ0) is 8.69. The lowest BCUT2D eigenvalue weighted by Gasteiger charge is -2.07. The van der Waals surface area contributed by atoms with Crippen molar-refractivity contribution in [3.05, 3.63) is 12.7 Å². The van der Waals surface area contributed by atoms with Gasteiger partial charge < -0.3 is 10.6 Å². The minimum atomic E-state index is -0.218. The summed E-state index contributed by atoms with van der Waals surface area (Å²) in [5, 5.41) is 4.84. The van der Waals surface area contributed by atoms with E-state index < -0.39 is 0 Å². The van der Waals surface area contributed by atoms with Crippen molar-refractivity contribution in [1.82, 2.24) is 10.6 Å². The van der Waals surface area contributed by atoms with Gasteiger partial charge in [0.15, 0.2) is 0 Å². The molecular weight excluding hydrogens is 144 g/mol. The Bertz CT molecular complexity index is 157. The summed E-state index contributed by atoms with van der Waals surface area (Å²) < 4.78 is 0. The molecule has 2 N–H and O–H groups in total. The maximum absolute atomic E-state index is 10.8. The van der Waals surface area contributed by atoms with E-state index in [-0.39, 0.29) is 18.5 Å². The molecule has 0 aliphatic carbocycles. The molecule has 11 heavy (non-hydrogen) atoms. The van der Waals surface area contributed by atoms with Crippen LogP contribution in [0.2, 0.25) is 0 Å². The Hall–Kier alpha value is -1.32. The smallest absolute Gasteiger partial charge is 0.239 e. The maximum Gasteiger partial charge on any atom is 0.239 e. The van der Waals surface area contributed by atoms with E-state index in [1.165, 1.54) is 0 Å². The molecule has 62 valence electrons. The third-order valence-corrected chi connectivity index (χ3v) is 1.09. The number of rotatable bonds is 5. The highest BCUT2D eigenvalue weighted by molar-refractivity contribution is 5.80. The molecular formula is C7H12N2O2. The summed E-state index contributed by atoms with van der Waals surface area (Å²) in [5.41, 5.74) is 0. The van der Waals surface area contributed by atoms with Gasteiger partial charge in [0.2, 0.25) is 12.3 Å². The highest BCUT2D eigenvalue weighted by atomic mass is 16.2. The molecule has 0 aromatic heterocycles. The molecule has 0 aromatic rings. The van der Waals surface area contributed by atoms with Gasteiger partial charge in [-0.05, 0) is 6.92 Å². The molecule has 0 fully saturated rings. The fraction of sp³-hybridized carbons (Fsp3) is 0.429. The molecule has 0 unspecified atom stereocenters. The summed E-state index contributed by atoms with van der Waals surface area (Å²) in [6, 6.07) is -0.0593. The van der Waals surface area contributed by atoms with Crippen LogP contribution in [0.25, 0.3) is 0 Å². The van der Waals surface area contributed by atoms with Gasteiger partial charge in [0.05, 0.1) is 6.54 Å². The lowest BCUT2D eigenvalue weighted by atomic mass is 10.3. The molecule has 0 saturated carbocycles. The summed E-state index contributed by atoms with van der Waals surface area (Å²) in [6.07, 6.45) is 2.09. The highest BCUT2D eigenvalue weighted by Gasteiger charge is 2.01. The van der Waals surface area contributed by atoms with E-state index in [2.05, 4.69) is 17.2 Å². The van der Waals surface area contributed by atoms with Gasteiger partial charge in [-0.15, -0.1) is 6.58 Å². The Morgan fingerprint density at radius 3 is 2.82 bits per heavy atom. The van der Waals surface area contributed by atoms with Gasteiger partial charge in [-0.1, -0.05) is 6.08 Å². The quantitative estimate of drug-likeness (QED) is 0.413. The molecule has 0 heterocycles. The fourth-order valence-electron chi connectivity index (χ4n) is 0.498. The Morgan fingerprint density at radius 2 is 2.36 bits per heavy atom. The molecule has 4 heteroatoms. The van der Waals surface area contributed by atoms with Crippen LogP contribution in [0.4, 0.5) is 0 Å². The Kier molecular flexibility index (Phi) is 4.81. The Morgan fingerprint density at radius 1 is 1.73 bits per heavy atom. The third kappa shape index (κ3) is 5.14. The minimum Gasteiger partial charge on any atom is -0.350 e. The lowest BCUT2D eigenvalue weighted by Crippen LogP contribution is -2.37. The van der Waals surface area contributed by atoms with Crippen molar-refractivity contribution in [1.29, 1.82) is 0 Å². The van der Waals surface area contributed by atoms with Gasteiger partial charge >= 0.3 is 0 Å². The molecule has 0 bridgehead atoms. The van der Waals surface area contributed by atoms with Gasteiger partial charge in [-0.3, -0.25) is 9.59 Å². The van der Waals surface area contributed by atoms with Crippen LogP contribution in [0.5, 0.6) is 0 Å². The Labute approximate surface area is 65.7 Å². The van der Waals surface area contributed by atoms with Gasteiger partial charge in [0.25, 0.3) is 0 Å². The summed E-state index contributed by atoms with van der Waals surface area (Å²) in [5.74, 6) is -0.218. The van der Waals surface area contributed by atoms with Crippen molar-refractivity contribution in [2.75, 3.05) is 6.54 Å². The molecule has 2 amide bonds. The molecule has 0 spiro atoms. The average molecular weight is 156 g/mol. The normalized spacial score (nSPS) is 11.4. The van der Waals surface area contributed by atoms with Crippen LogP contribution in [-0.4, -0.2) is 24.9 Å². The topological polar surface area (TPSA) is 58.2 Å². The number of hydrogen-bond acceptors (Lipinski definition) is 2. The number of amides is 2. The summed E-state index contributed by atoms with van der Waals surface area (Å²) in [4.78, 5) is 20.5. The van der Waals surface area contributed by atoms with Crippen molar-refractivity contribution >= 4 is 12.3 Å². The zero-order valence-corrected chi connectivity index (χ0v) is 6.46. The van der Waals surface area contributed by atoms with E-state index in [4.69, 9.17) is 0 Å². The molecule has 0 aliphatic heterocycles. The lowest BCUT2D eigenvalue weighted by molar-refractivity contribution is -0.122. The van der Waals surface area contributed by atoms with Crippen molar-refractivity contribution < 1.29 is 9.59 Å². The van der Waals surface area contributed by atoms with Crippen LogP contribution in [-0.2, 0) is 9.59 Å². The maximum atomic E-state index is 10.8. The van der Waals surface area contributed by atoms with E-state index in [9.17, 15) is 9.59 Å². The first-order valence-electron chi connectivity index (χ1n) is 3.29. The van der Waals surface area contributed by atoms with E-state index >= 15 is 0 Å².